The first-order valence-corrected chi connectivity index (χ1v) is 13.6. The van der Waals surface area contributed by atoms with Gasteiger partial charge in [0.05, 0.1) is 17.6 Å². The van der Waals surface area contributed by atoms with Crippen LogP contribution in [0.15, 0.2) is 47.4 Å². The summed E-state index contributed by atoms with van der Waals surface area (Å²) in [4.78, 5) is 12.9. The van der Waals surface area contributed by atoms with Crippen LogP contribution in [-0.4, -0.2) is 51.1 Å². The highest BCUT2D eigenvalue weighted by molar-refractivity contribution is 7.98. The molecule has 0 atom stereocenters. The zero-order valence-corrected chi connectivity index (χ0v) is 20.7. The molecular weight excluding hydrogens is 468 g/mol. The Bertz CT molecular complexity index is 1040. The molecule has 0 bridgehead atoms. The van der Waals surface area contributed by atoms with Gasteiger partial charge >= 0.3 is 0 Å². The van der Waals surface area contributed by atoms with Gasteiger partial charge in [0, 0.05) is 36.2 Å². The Kier molecular flexibility index (Phi) is 8.87. The van der Waals surface area contributed by atoms with Crippen LogP contribution in [-0.2, 0) is 15.8 Å². The van der Waals surface area contributed by atoms with Gasteiger partial charge in [0.25, 0.3) is 5.91 Å². The molecule has 0 aliphatic carbocycles. The predicted octanol–water partition coefficient (Wildman–Crippen LogP) is 4.43. The SMILES string of the molecule is COc1ccc(S(=O)(=O)N2CCC(C)CC2)cc1C(=O)NCCSCc1ccccc1Cl. The number of benzene rings is 2. The van der Waals surface area contributed by atoms with Crippen LogP contribution in [0.25, 0.3) is 0 Å². The van der Waals surface area contributed by atoms with Gasteiger partial charge in [-0.15, -0.1) is 0 Å². The molecule has 0 spiro atoms. The molecule has 1 aliphatic rings. The second-order valence-electron chi connectivity index (χ2n) is 7.85. The highest BCUT2D eigenvalue weighted by Crippen LogP contribution is 2.27. The average molecular weight is 497 g/mol. The summed E-state index contributed by atoms with van der Waals surface area (Å²) >= 11 is 7.83. The first kappa shape index (κ1) is 24.9. The third-order valence-corrected chi connectivity index (χ3v) is 8.81. The minimum absolute atomic E-state index is 0.117. The van der Waals surface area contributed by atoms with Gasteiger partial charge in [-0.2, -0.15) is 16.1 Å². The number of nitrogens with one attached hydrogen (secondary N) is 1. The molecule has 2 aromatic carbocycles. The molecule has 0 aromatic heterocycles. The van der Waals surface area contributed by atoms with E-state index >= 15 is 0 Å². The molecule has 0 unspecified atom stereocenters. The molecule has 1 aliphatic heterocycles. The number of sulfonamides is 1. The van der Waals surface area contributed by atoms with Gasteiger partial charge in [-0.3, -0.25) is 4.79 Å². The van der Waals surface area contributed by atoms with Gasteiger partial charge in [0.15, 0.2) is 0 Å². The Labute approximate surface area is 199 Å². The summed E-state index contributed by atoms with van der Waals surface area (Å²) < 4.78 is 32.9. The van der Waals surface area contributed by atoms with Crippen molar-refractivity contribution in [3.63, 3.8) is 0 Å². The third-order valence-electron chi connectivity index (χ3n) is 5.54. The van der Waals surface area contributed by atoms with Crippen molar-refractivity contribution in [1.82, 2.24) is 9.62 Å². The summed E-state index contributed by atoms with van der Waals surface area (Å²) in [5, 5.41) is 3.59. The lowest BCUT2D eigenvalue weighted by Crippen LogP contribution is -2.38. The highest BCUT2D eigenvalue weighted by Gasteiger charge is 2.29. The summed E-state index contributed by atoms with van der Waals surface area (Å²) in [7, 11) is -2.19. The lowest BCUT2D eigenvalue weighted by Gasteiger charge is -2.29. The van der Waals surface area contributed by atoms with Crippen LogP contribution < -0.4 is 10.1 Å². The van der Waals surface area contributed by atoms with Crippen LogP contribution in [0.5, 0.6) is 5.75 Å². The van der Waals surface area contributed by atoms with Crippen LogP contribution in [0, 0.1) is 5.92 Å². The second-order valence-corrected chi connectivity index (χ2v) is 11.3. The number of ether oxygens (including phenoxy) is 1. The quantitative estimate of drug-likeness (QED) is 0.520. The molecule has 9 heteroatoms. The van der Waals surface area contributed by atoms with Crippen LogP contribution >= 0.6 is 23.4 Å². The Morgan fingerprint density at radius 2 is 1.94 bits per heavy atom. The predicted molar refractivity (Wildman–Crippen MR) is 130 cm³/mol. The second kappa shape index (κ2) is 11.4. The van der Waals surface area contributed by atoms with Crippen LogP contribution in [0.1, 0.15) is 35.7 Å². The Morgan fingerprint density at radius 3 is 2.62 bits per heavy atom. The zero-order chi connectivity index (χ0) is 23.1. The van der Waals surface area contributed by atoms with E-state index in [2.05, 4.69) is 12.2 Å². The fraction of sp³-hybridized carbons (Fsp3) is 0.435. The summed E-state index contributed by atoms with van der Waals surface area (Å²) in [6.45, 7) is 3.57. The standard InChI is InChI=1S/C23H29ClN2O4S2/c1-17-9-12-26(13-10-17)32(28,29)19-7-8-22(30-2)20(15-19)23(27)25-11-14-31-16-18-5-3-4-6-21(18)24/h3-8,15,17H,9-14,16H2,1-2H3,(H,25,27). The number of hydrogen-bond donors (Lipinski definition) is 1. The number of halogens is 1. The summed E-state index contributed by atoms with van der Waals surface area (Å²) in [6, 6.07) is 12.1. The molecule has 174 valence electrons. The summed E-state index contributed by atoms with van der Waals surface area (Å²) in [5.41, 5.74) is 1.27. The van der Waals surface area contributed by atoms with Crippen LogP contribution in [0.3, 0.4) is 0 Å². The lowest BCUT2D eigenvalue weighted by atomic mass is 10.0. The van der Waals surface area contributed by atoms with Crippen LogP contribution in [0.2, 0.25) is 5.02 Å². The number of carbonyl (C=O) groups is 1. The van der Waals surface area contributed by atoms with Crippen molar-refractivity contribution in [3.8, 4) is 5.75 Å². The largest absolute Gasteiger partial charge is 0.496 e. The van der Waals surface area contributed by atoms with Crippen molar-refractivity contribution >= 4 is 39.3 Å². The van der Waals surface area contributed by atoms with Gasteiger partial charge in [-0.05, 0) is 48.6 Å². The van der Waals surface area contributed by atoms with E-state index in [0.29, 0.717) is 37.1 Å². The Hall–Kier alpha value is -1.74. The van der Waals surface area contributed by atoms with Crippen molar-refractivity contribution in [3.05, 3.63) is 58.6 Å². The molecule has 2 aromatic rings. The molecule has 32 heavy (non-hydrogen) atoms. The van der Waals surface area contributed by atoms with Crippen molar-refractivity contribution < 1.29 is 17.9 Å². The number of piperidine rings is 1. The van der Waals surface area contributed by atoms with Crippen molar-refractivity contribution in [2.75, 3.05) is 32.5 Å². The maximum absolute atomic E-state index is 13.1. The van der Waals surface area contributed by atoms with Crippen molar-refractivity contribution in [2.45, 2.75) is 30.4 Å². The molecule has 1 saturated heterocycles. The molecular formula is C23H29ClN2O4S2. The number of carbonyl (C=O) groups excluding carboxylic acids is 1. The summed E-state index contributed by atoms with van der Waals surface area (Å²) in [6.07, 6.45) is 1.68. The highest BCUT2D eigenvalue weighted by atomic mass is 35.5. The van der Waals surface area contributed by atoms with Gasteiger partial charge < -0.3 is 10.1 Å². The minimum atomic E-state index is -3.65. The number of nitrogens with zero attached hydrogens (tertiary/aromatic N) is 1. The number of rotatable bonds is 9. The van der Waals surface area contributed by atoms with Crippen molar-refractivity contribution in [2.24, 2.45) is 5.92 Å². The molecule has 0 saturated carbocycles. The molecule has 3 rings (SSSR count). The zero-order valence-electron chi connectivity index (χ0n) is 18.3. The van der Waals surface area contributed by atoms with Gasteiger partial charge in [0.1, 0.15) is 5.75 Å². The van der Waals surface area contributed by atoms with Gasteiger partial charge in [-0.25, -0.2) is 8.42 Å². The Morgan fingerprint density at radius 1 is 1.22 bits per heavy atom. The van der Waals surface area contributed by atoms with E-state index in [4.69, 9.17) is 16.3 Å². The normalized spacial score (nSPS) is 15.5. The monoisotopic (exact) mass is 496 g/mol. The number of methoxy groups -OCH3 is 1. The van der Waals surface area contributed by atoms with E-state index in [1.54, 1.807) is 17.8 Å². The minimum Gasteiger partial charge on any atom is -0.496 e. The number of thioether (sulfide) groups is 1. The van der Waals surface area contributed by atoms with E-state index in [9.17, 15) is 13.2 Å². The average Bonchev–Trinajstić information content (AvgIpc) is 2.79. The number of amides is 1. The molecule has 1 heterocycles. The Balaban J connectivity index is 1.62. The number of hydrogen-bond acceptors (Lipinski definition) is 5. The third kappa shape index (κ3) is 6.19. The molecule has 0 radical (unpaired) electrons. The summed E-state index contributed by atoms with van der Waals surface area (Å²) in [5.74, 6) is 1.96. The lowest BCUT2D eigenvalue weighted by molar-refractivity contribution is 0.0953. The fourth-order valence-electron chi connectivity index (χ4n) is 3.53. The van der Waals surface area contributed by atoms with Crippen LogP contribution in [0.4, 0.5) is 0 Å². The van der Waals surface area contributed by atoms with Gasteiger partial charge in [-0.1, -0.05) is 36.7 Å². The van der Waals surface area contributed by atoms with E-state index in [1.807, 2.05) is 24.3 Å². The molecule has 1 N–H and O–H groups in total. The molecule has 6 nitrogen and oxygen atoms in total. The smallest absolute Gasteiger partial charge is 0.255 e. The van der Waals surface area contributed by atoms with E-state index in [0.717, 1.165) is 29.2 Å². The maximum atomic E-state index is 13.1. The van der Waals surface area contributed by atoms with E-state index in [1.165, 1.54) is 23.5 Å². The van der Waals surface area contributed by atoms with E-state index in [-0.39, 0.29) is 16.4 Å². The molecule has 1 amide bonds. The fourth-order valence-corrected chi connectivity index (χ4v) is 6.17. The molecule has 1 fully saturated rings. The topological polar surface area (TPSA) is 75.7 Å². The van der Waals surface area contributed by atoms with E-state index < -0.39 is 10.0 Å². The van der Waals surface area contributed by atoms with Crippen molar-refractivity contribution in [1.29, 1.82) is 0 Å². The van der Waals surface area contributed by atoms with Gasteiger partial charge in [0.2, 0.25) is 10.0 Å². The first-order chi connectivity index (χ1) is 15.3. The first-order valence-electron chi connectivity index (χ1n) is 10.6. The maximum Gasteiger partial charge on any atom is 0.255 e.